The van der Waals surface area contributed by atoms with E-state index in [1.807, 2.05) is 0 Å². The minimum absolute atomic E-state index is 0.0203. The summed E-state index contributed by atoms with van der Waals surface area (Å²) in [5, 5.41) is 5.49. The number of hydrogen-bond donors (Lipinski definition) is 3. The molecule has 108 valence electrons. The van der Waals surface area contributed by atoms with Crippen LogP contribution in [0.2, 0.25) is 0 Å². The van der Waals surface area contributed by atoms with Crippen molar-refractivity contribution in [1.29, 1.82) is 0 Å². The summed E-state index contributed by atoms with van der Waals surface area (Å²) in [7, 11) is 0. The standard InChI is InChI=1S/C15H14FN3O2/c16-11-4-6-12(7-5-11)18-9-14(20)19-13-3-1-2-10(8-13)15(17)21/h1-8,18H,9H2,(H2,17,21)(H,19,20). The lowest BCUT2D eigenvalue weighted by molar-refractivity contribution is -0.114. The van der Waals surface area contributed by atoms with Gasteiger partial charge in [0.1, 0.15) is 5.82 Å². The molecule has 0 radical (unpaired) electrons. The first-order valence-electron chi connectivity index (χ1n) is 6.24. The van der Waals surface area contributed by atoms with Crippen molar-refractivity contribution in [2.24, 2.45) is 5.73 Å². The van der Waals surface area contributed by atoms with Crippen molar-refractivity contribution in [2.45, 2.75) is 0 Å². The minimum Gasteiger partial charge on any atom is -0.376 e. The first kappa shape index (κ1) is 14.5. The first-order chi connectivity index (χ1) is 10.0. The molecule has 0 saturated heterocycles. The van der Waals surface area contributed by atoms with E-state index in [0.717, 1.165) is 0 Å². The van der Waals surface area contributed by atoms with Crippen LogP contribution in [-0.2, 0) is 4.79 Å². The average molecular weight is 287 g/mol. The van der Waals surface area contributed by atoms with Crippen LogP contribution in [0.1, 0.15) is 10.4 Å². The lowest BCUT2D eigenvalue weighted by Crippen LogP contribution is -2.22. The number of nitrogens with two attached hydrogens (primary N) is 1. The number of carbonyl (C=O) groups is 2. The Hall–Kier alpha value is -2.89. The number of hydrogen-bond acceptors (Lipinski definition) is 3. The summed E-state index contributed by atoms with van der Waals surface area (Å²) < 4.78 is 12.7. The van der Waals surface area contributed by atoms with Gasteiger partial charge in [0.15, 0.2) is 0 Å². The van der Waals surface area contributed by atoms with Gasteiger partial charge in [-0.15, -0.1) is 0 Å². The highest BCUT2D eigenvalue weighted by atomic mass is 19.1. The number of anilines is 2. The molecule has 0 heterocycles. The Labute approximate surface area is 121 Å². The van der Waals surface area contributed by atoms with E-state index in [0.29, 0.717) is 16.9 Å². The third kappa shape index (κ3) is 4.31. The lowest BCUT2D eigenvalue weighted by atomic mass is 10.2. The fraction of sp³-hybridized carbons (Fsp3) is 0.0667. The molecule has 0 unspecified atom stereocenters. The van der Waals surface area contributed by atoms with Gasteiger partial charge in [0.25, 0.3) is 0 Å². The van der Waals surface area contributed by atoms with E-state index in [4.69, 9.17) is 5.73 Å². The number of nitrogens with one attached hydrogen (secondary N) is 2. The zero-order chi connectivity index (χ0) is 15.2. The molecule has 0 saturated carbocycles. The van der Waals surface area contributed by atoms with Crippen LogP contribution < -0.4 is 16.4 Å². The molecule has 0 aliphatic heterocycles. The topological polar surface area (TPSA) is 84.2 Å². The Morgan fingerprint density at radius 1 is 1.05 bits per heavy atom. The largest absolute Gasteiger partial charge is 0.376 e. The van der Waals surface area contributed by atoms with Crippen LogP contribution in [0.3, 0.4) is 0 Å². The van der Waals surface area contributed by atoms with Gasteiger partial charge in [-0.2, -0.15) is 0 Å². The zero-order valence-corrected chi connectivity index (χ0v) is 11.1. The summed E-state index contributed by atoms with van der Waals surface area (Å²) in [5.74, 6) is -1.19. The molecule has 2 rings (SSSR count). The monoisotopic (exact) mass is 287 g/mol. The summed E-state index contributed by atoms with van der Waals surface area (Å²) in [6.45, 7) is 0.0203. The molecule has 2 amide bonds. The van der Waals surface area contributed by atoms with Crippen molar-refractivity contribution in [3.63, 3.8) is 0 Å². The van der Waals surface area contributed by atoms with E-state index in [1.165, 1.54) is 30.3 Å². The number of rotatable bonds is 5. The Morgan fingerprint density at radius 3 is 2.43 bits per heavy atom. The van der Waals surface area contributed by atoms with Gasteiger partial charge < -0.3 is 16.4 Å². The van der Waals surface area contributed by atoms with Crippen LogP contribution in [-0.4, -0.2) is 18.4 Å². The van der Waals surface area contributed by atoms with Crippen LogP contribution >= 0.6 is 0 Å². The molecule has 0 bridgehead atoms. The molecule has 0 aromatic heterocycles. The smallest absolute Gasteiger partial charge is 0.248 e. The van der Waals surface area contributed by atoms with Crippen molar-refractivity contribution in [3.8, 4) is 0 Å². The molecule has 0 aliphatic carbocycles. The van der Waals surface area contributed by atoms with Gasteiger partial charge in [0, 0.05) is 16.9 Å². The molecule has 5 nitrogen and oxygen atoms in total. The third-order valence-electron chi connectivity index (χ3n) is 2.73. The molecular formula is C15H14FN3O2. The van der Waals surface area contributed by atoms with Gasteiger partial charge in [-0.1, -0.05) is 6.07 Å². The van der Waals surface area contributed by atoms with Gasteiger partial charge in [0.2, 0.25) is 11.8 Å². The fourth-order valence-corrected chi connectivity index (χ4v) is 1.71. The molecule has 6 heteroatoms. The second kappa shape index (κ2) is 6.51. The van der Waals surface area contributed by atoms with E-state index in [2.05, 4.69) is 10.6 Å². The molecule has 2 aromatic rings. The summed E-state index contributed by atoms with van der Waals surface area (Å²) in [6.07, 6.45) is 0. The van der Waals surface area contributed by atoms with Gasteiger partial charge in [0.05, 0.1) is 6.54 Å². The second-order valence-corrected chi connectivity index (χ2v) is 4.35. The summed E-state index contributed by atoms with van der Waals surface area (Å²) in [4.78, 5) is 22.8. The predicted molar refractivity (Wildman–Crippen MR) is 78.5 cm³/mol. The van der Waals surface area contributed by atoms with E-state index in [-0.39, 0.29) is 18.3 Å². The lowest BCUT2D eigenvalue weighted by Gasteiger charge is -2.08. The third-order valence-corrected chi connectivity index (χ3v) is 2.73. The number of halogens is 1. The maximum absolute atomic E-state index is 12.7. The van der Waals surface area contributed by atoms with Gasteiger partial charge in [-0.25, -0.2) is 4.39 Å². The molecule has 2 aromatic carbocycles. The summed E-state index contributed by atoms with van der Waals surface area (Å²) in [5.41, 5.74) is 6.60. The number of carbonyl (C=O) groups excluding carboxylic acids is 2. The quantitative estimate of drug-likeness (QED) is 0.786. The van der Waals surface area contributed by atoms with Crippen molar-refractivity contribution in [3.05, 3.63) is 59.9 Å². The first-order valence-corrected chi connectivity index (χ1v) is 6.24. The van der Waals surface area contributed by atoms with Gasteiger partial charge in [-0.3, -0.25) is 9.59 Å². The Bertz CT molecular complexity index is 656. The van der Waals surface area contributed by atoms with Crippen LogP contribution in [0.4, 0.5) is 15.8 Å². The Morgan fingerprint density at radius 2 is 1.76 bits per heavy atom. The van der Waals surface area contributed by atoms with E-state index in [1.54, 1.807) is 18.2 Å². The highest BCUT2D eigenvalue weighted by Crippen LogP contribution is 2.11. The minimum atomic E-state index is -0.560. The number of primary amides is 1. The molecular weight excluding hydrogens is 273 g/mol. The molecule has 0 atom stereocenters. The van der Waals surface area contributed by atoms with Crippen molar-refractivity contribution >= 4 is 23.2 Å². The SMILES string of the molecule is NC(=O)c1cccc(NC(=O)CNc2ccc(F)cc2)c1. The van der Waals surface area contributed by atoms with Gasteiger partial charge in [-0.05, 0) is 42.5 Å². The van der Waals surface area contributed by atoms with Crippen LogP contribution in [0.25, 0.3) is 0 Å². The average Bonchev–Trinajstić information content (AvgIpc) is 2.47. The van der Waals surface area contributed by atoms with E-state index >= 15 is 0 Å². The molecule has 0 spiro atoms. The molecule has 0 fully saturated rings. The van der Waals surface area contributed by atoms with Crippen LogP contribution in [0.5, 0.6) is 0 Å². The fourth-order valence-electron chi connectivity index (χ4n) is 1.71. The van der Waals surface area contributed by atoms with Crippen LogP contribution in [0.15, 0.2) is 48.5 Å². The number of benzene rings is 2. The predicted octanol–water partition coefficient (Wildman–Crippen LogP) is 1.98. The highest BCUT2D eigenvalue weighted by molar-refractivity contribution is 5.97. The maximum Gasteiger partial charge on any atom is 0.248 e. The summed E-state index contributed by atoms with van der Waals surface area (Å²) >= 11 is 0. The second-order valence-electron chi connectivity index (χ2n) is 4.35. The molecule has 21 heavy (non-hydrogen) atoms. The van der Waals surface area contributed by atoms with Crippen molar-refractivity contribution < 1.29 is 14.0 Å². The van der Waals surface area contributed by atoms with Crippen molar-refractivity contribution in [2.75, 3.05) is 17.2 Å². The van der Waals surface area contributed by atoms with Crippen LogP contribution in [0, 0.1) is 5.82 Å². The summed E-state index contributed by atoms with van der Waals surface area (Å²) in [6, 6.07) is 12.0. The Kier molecular flexibility index (Phi) is 4.50. The normalized spacial score (nSPS) is 9.95. The van der Waals surface area contributed by atoms with Gasteiger partial charge >= 0.3 is 0 Å². The zero-order valence-electron chi connectivity index (χ0n) is 11.1. The van der Waals surface area contributed by atoms with E-state index < -0.39 is 5.91 Å². The Balaban J connectivity index is 1.91. The maximum atomic E-state index is 12.7. The van der Waals surface area contributed by atoms with Crippen molar-refractivity contribution in [1.82, 2.24) is 0 Å². The highest BCUT2D eigenvalue weighted by Gasteiger charge is 2.05. The molecule has 4 N–H and O–H groups in total. The molecule has 0 aliphatic rings. The number of amides is 2. The van der Waals surface area contributed by atoms with E-state index in [9.17, 15) is 14.0 Å².